The van der Waals surface area contributed by atoms with Gasteiger partial charge in [0.2, 0.25) is 5.91 Å². The van der Waals surface area contributed by atoms with Crippen molar-refractivity contribution in [1.82, 2.24) is 0 Å². The summed E-state index contributed by atoms with van der Waals surface area (Å²) >= 11 is 0. The smallest absolute Gasteiger partial charge is 0.227 e. The number of benzene rings is 1. The topological polar surface area (TPSA) is 20.3 Å². The summed E-state index contributed by atoms with van der Waals surface area (Å²) in [6, 6.07) is 6.59. The Balaban J connectivity index is 1.73. The molecule has 0 aromatic heterocycles. The second kappa shape index (κ2) is 4.09. The van der Waals surface area contributed by atoms with Crippen LogP contribution in [0.5, 0.6) is 0 Å². The van der Waals surface area contributed by atoms with E-state index in [9.17, 15) is 4.79 Å². The molecule has 1 aromatic carbocycles. The Kier molecular flexibility index (Phi) is 2.48. The SMILES string of the molecule is O=C1CCCN1c1cccc2c1CC1(CCCC1)C2. The molecule has 1 amide bonds. The van der Waals surface area contributed by atoms with Gasteiger partial charge < -0.3 is 4.90 Å². The molecule has 0 radical (unpaired) electrons. The minimum absolute atomic E-state index is 0.320. The van der Waals surface area contributed by atoms with Crippen molar-refractivity contribution in [2.45, 2.75) is 51.4 Å². The molecule has 3 aliphatic rings. The van der Waals surface area contributed by atoms with Gasteiger partial charge in [0.25, 0.3) is 0 Å². The lowest BCUT2D eigenvalue weighted by Crippen LogP contribution is -2.25. The largest absolute Gasteiger partial charge is 0.312 e. The zero-order chi connectivity index (χ0) is 12.9. The summed E-state index contributed by atoms with van der Waals surface area (Å²) in [5.41, 5.74) is 4.77. The molecule has 2 aliphatic carbocycles. The van der Waals surface area contributed by atoms with Crippen LogP contribution < -0.4 is 4.90 Å². The highest BCUT2D eigenvalue weighted by Crippen LogP contribution is 2.50. The summed E-state index contributed by atoms with van der Waals surface area (Å²) in [6.07, 6.45) is 9.77. The van der Waals surface area contributed by atoms with Crippen LogP contribution in [0.25, 0.3) is 0 Å². The predicted octanol–water partition coefficient (Wildman–Crippen LogP) is 3.47. The highest BCUT2D eigenvalue weighted by Gasteiger charge is 2.41. The molecule has 4 rings (SSSR count). The third kappa shape index (κ3) is 1.73. The van der Waals surface area contributed by atoms with Crippen molar-refractivity contribution in [3.8, 4) is 0 Å². The van der Waals surface area contributed by atoms with Crippen molar-refractivity contribution in [2.24, 2.45) is 5.41 Å². The van der Waals surface area contributed by atoms with Gasteiger partial charge in [-0.3, -0.25) is 4.79 Å². The van der Waals surface area contributed by atoms with Crippen molar-refractivity contribution in [2.75, 3.05) is 11.4 Å². The van der Waals surface area contributed by atoms with E-state index in [1.807, 2.05) is 4.90 Å². The van der Waals surface area contributed by atoms with Gasteiger partial charge in [0.05, 0.1) is 0 Å². The molecule has 2 heteroatoms. The van der Waals surface area contributed by atoms with Crippen LogP contribution in [-0.4, -0.2) is 12.5 Å². The second-order valence-corrected chi connectivity index (χ2v) is 6.62. The van der Waals surface area contributed by atoms with Crippen molar-refractivity contribution in [3.05, 3.63) is 29.3 Å². The number of anilines is 1. The van der Waals surface area contributed by atoms with Crippen molar-refractivity contribution in [3.63, 3.8) is 0 Å². The van der Waals surface area contributed by atoms with Crippen LogP contribution in [0.2, 0.25) is 0 Å². The Morgan fingerprint density at radius 1 is 1.05 bits per heavy atom. The van der Waals surface area contributed by atoms with Gasteiger partial charge in [0, 0.05) is 18.7 Å². The van der Waals surface area contributed by atoms with Gasteiger partial charge in [-0.15, -0.1) is 0 Å². The Hall–Kier alpha value is -1.31. The lowest BCUT2D eigenvalue weighted by molar-refractivity contribution is -0.117. The van der Waals surface area contributed by atoms with Crippen molar-refractivity contribution < 1.29 is 4.79 Å². The second-order valence-electron chi connectivity index (χ2n) is 6.62. The fourth-order valence-electron chi connectivity index (χ4n) is 4.47. The van der Waals surface area contributed by atoms with Gasteiger partial charge >= 0.3 is 0 Å². The average molecular weight is 255 g/mol. The zero-order valence-corrected chi connectivity index (χ0v) is 11.5. The Bertz CT molecular complexity index is 528. The molecule has 100 valence electrons. The van der Waals surface area contributed by atoms with Gasteiger partial charge in [-0.25, -0.2) is 0 Å². The highest BCUT2D eigenvalue weighted by atomic mass is 16.2. The third-order valence-corrected chi connectivity index (χ3v) is 5.39. The number of carbonyl (C=O) groups is 1. The van der Waals surface area contributed by atoms with Gasteiger partial charge in [-0.1, -0.05) is 25.0 Å². The number of rotatable bonds is 1. The van der Waals surface area contributed by atoms with Crippen LogP contribution in [0.1, 0.15) is 49.7 Å². The molecular weight excluding hydrogens is 234 g/mol. The molecule has 1 aromatic rings. The van der Waals surface area contributed by atoms with Crippen LogP contribution >= 0.6 is 0 Å². The highest BCUT2D eigenvalue weighted by molar-refractivity contribution is 5.96. The van der Waals surface area contributed by atoms with Gasteiger partial charge in [-0.05, 0) is 54.7 Å². The summed E-state index contributed by atoms with van der Waals surface area (Å²) in [7, 11) is 0. The van der Waals surface area contributed by atoms with Crippen molar-refractivity contribution in [1.29, 1.82) is 0 Å². The molecule has 2 fully saturated rings. The molecule has 0 bridgehead atoms. The molecule has 1 heterocycles. The number of nitrogens with zero attached hydrogens (tertiary/aromatic N) is 1. The fraction of sp³-hybridized carbons (Fsp3) is 0.588. The Morgan fingerprint density at radius 3 is 2.63 bits per heavy atom. The molecule has 1 aliphatic heterocycles. The minimum Gasteiger partial charge on any atom is -0.312 e. The number of carbonyl (C=O) groups excluding carboxylic acids is 1. The van der Waals surface area contributed by atoms with Crippen LogP contribution in [0.3, 0.4) is 0 Å². The fourth-order valence-corrected chi connectivity index (χ4v) is 4.47. The monoisotopic (exact) mass is 255 g/mol. The van der Waals surface area contributed by atoms with E-state index in [1.165, 1.54) is 55.3 Å². The molecule has 0 atom stereocenters. The summed E-state index contributed by atoms with van der Waals surface area (Å²) in [5.74, 6) is 0.320. The Labute approximate surface area is 114 Å². The average Bonchev–Trinajstić information content (AvgIpc) is 3.10. The number of amides is 1. The zero-order valence-electron chi connectivity index (χ0n) is 11.5. The van der Waals surface area contributed by atoms with Crippen LogP contribution in [-0.2, 0) is 17.6 Å². The summed E-state index contributed by atoms with van der Waals surface area (Å²) in [6.45, 7) is 0.919. The van der Waals surface area contributed by atoms with E-state index >= 15 is 0 Å². The Morgan fingerprint density at radius 2 is 1.89 bits per heavy atom. The van der Waals surface area contributed by atoms with E-state index in [-0.39, 0.29) is 0 Å². The van der Waals surface area contributed by atoms with E-state index < -0.39 is 0 Å². The van der Waals surface area contributed by atoms with Gasteiger partial charge in [-0.2, -0.15) is 0 Å². The van der Waals surface area contributed by atoms with E-state index in [0.29, 0.717) is 11.3 Å². The van der Waals surface area contributed by atoms with Crippen LogP contribution in [0.15, 0.2) is 18.2 Å². The molecule has 0 unspecified atom stereocenters. The maximum Gasteiger partial charge on any atom is 0.227 e. The van der Waals surface area contributed by atoms with Crippen LogP contribution in [0, 0.1) is 5.41 Å². The van der Waals surface area contributed by atoms with E-state index in [2.05, 4.69) is 18.2 Å². The summed E-state index contributed by atoms with van der Waals surface area (Å²) in [5, 5.41) is 0. The molecule has 0 N–H and O–H groups in total. The molecule has 1 spiro atoms. The maximum absolute atomic E-state index is 12.0. The number of hydrogen-bond acceptors (Lipinski definition) is 1. The van der Waals surface area contributed by atoms with E-state index in [0.717, 1.165) is 19.4 Å². The lowest BCUT2D eigenvalue weighted by Gasteiger charge is -2.23. The van der Waals surface area contributed by atoms with Gasteiger partial charge in [0.1, 0.15) is 0 Å². The molecular formula is C17H21NO. The number of fused-ring (bicyclic) bond motifs is 1. The molecule has 19 heavy (non-hydrogen) atoms. The first-order valence-electron chi connectivity index (χ1n) is 7.69. The normalized spacial score (nSPS) is 24.4. The first-order valence-corrected chi connectivity index (χ1v) is 7.69. The molecule has 1 saturated heterocycles. The van der Waals surface area contributed by atoms with Gasteiger partial charge in [0.15, 0.2) is 0 Å². The van der Waals surface area contributed by atoms with E-state index in [1.54, 1.807) is 0 Å². The minimum atomic E-state index is 0.320. The molecule has 1 saturated carbocycles. The predicted molar refractivity (Wildman–Crippen MR) is 76.3 cm³/mol. The summed E-state index contributed by atoms with van der Waals surface area (Å²) < 4.78 is 0. The third-order valence-electron chi connectivity index (χ3n) is 5.39. The van der Waals surface area contributed by atoms with Crippen LogP contribution in [0.4, 0.5) is 5.69 Å². The number of hydrogen-bond donors (Lipinski definition) is 0. The van der Waals surface area contributed by atoms with Crippen molar-refractivity contribution >= 4 is 11.6 Å². The molecule has 2 nitrogen and oxygen atoms in total. The maximum atomic E-state index is 12.0. The first kappa shape index (κ1) is 11.5. The van der Waals surface area contributed by atoms with E-state index in [4.69, 9.17) is 0 Å². The first-order chi connectivity index (χ1) is 9.27. The lowest BCUT2D eigenvalue weighted by atomic mass is 9.83. The summed E-state index contributed by atoms with van der Waals surface area (Å²) in [4.78, 5) is 14.0. The quantitative estimate of drug-likeness (QED) is 0.752. The standard InChI is InChI=1S/C17H21NO/c19-16-7-4-10-18(16)15-6-3-5-13-11-17(12-14(13)15)8-1-2-9-17/h3,5-6H,1-2,4,7-12H2.